The topological polar surface area (TPSA) is 203 Å². The highest BCUT2D eigenvalue weighted by Gasteiger charge is 2.22. The molecule has 0 aromatic heterocycles. The molecule has 60 heavy (non-hydrogen) atoms. The third-order valence-electron chi connectivity index (χ3n) is 9.33. The van der Waals surface area contributed by atoms with E-state index in [4.69, 9.17) is 26.1 Å². The van der Waals surface area contributed by atoms with Crippen LogP contribution in [-0.2, 0) is 6.54 Å². The molecule has 0 atom stereocenters. The van der Waals surface area contributed by atoms with Gasteiger partial charge in [0, 0.05) is 74.6 Å². The van der Waals surface area contributed by atoms with E-state index in [1.165, 1.54) is 30.3 Å². The summed E-state index contributed by atoms with van der Waals surface area (Å²) < 4.78 is 18.3. The SMILES string of the molecule is C/N=C(\NC)NCCOc1cccc(-c2ccc(CNC(=S)Nc3ccc(-c4c5ccc(=O)cc-5oc5cc(O)ccc45)c(C(=O)O)c3)cc2OCCN/C(=N/C)NC)c1. The normalized spacial score (nSPS) is 11.5. The van der Waals surface area contributed by atoms with Crippen molar-refractivity contribution in [2.45, 2.75) is 6.54 Å². The first-order valence-corrected chi connectivity index (χ1v) is 19.4. The van der Waals surface area contributed by atoms with Crippen molar-refractivity contribution in [3.05, 3.63) is 118 Å². The molecule has 310 valence electrons. The number of guanidine groups is 2. The van der Waals surface area contributed by atoms with Crippen molar-refractivity contribution in [3.63, 3.8) is 0 Å². The van der Waals surface area contributed by atoms with Gasteiger partial charge in [-0.25, -0.2) is 4.79 Å². The van der Waals surface area contributed by atoms with E-state index in [0.29, 0.717) is 89.6 Å². The lowest BCUT2D eigenvalue weighted by Gasteiger charge is -2.18. The highest BCUT2D eigenvalue weighted by molar-refractivity contribution is 7.80. The monoisotopic (exact) mass is 830 g/mol. The Morgan fingerprint density at radius 2 is 1.50 bits per heavy atom. The molecule has 4 aromatic carbocycles. The number of aromatic hydroxyl groups is 1. The molecule has 1 heterocycles. The third-order valence-corrected chi connectivity index (χ3v) is 9.58. The number of hydrogen-bond acceptors (Lipinski definition) is 9. The number of fused-ring (bicyclic) bond motifs is 2. The molecule has 1 aliphatic carbocycles. The number of aromatic carboxylic acids is 1. The molecular weight excluding hydrogens is 785 g/mol. The van der Waals surface area contributed by atoms with Crippen molar-refractivity contribution in [1.29, 1.82) is 0 Å². The number of rotatable bonds is 14. The quantitative estimate of drug-likeness (QED) is 0.0226. The number of nitrogens with zero attached hydrogens (tertiary/aromatic N) is 2. The van der Waals surface area contributed by atoms with Gasteiger partial charge < -0.3 is 56.0 Å². The Morgan fingerprint density at radius 3 is 2.22 bits per heavy atom. The Labute approximate surface area is 351 Å². The first kappa shape index (κ1) is 42.3. The van der Waals surface area contributed by atoms with Crippen molar-refractivity contribution in [1.82, 2.24) is 26.6 Å². The minimum Gasteiger partial charge on any atom is -0.508 e. The molecule has 16 heteroatoms. The second kappa shape index (κ2) is 19.9. The zero-order chi connectivity index (χ0) is 42.6. The lowest BCUT2D eigenvalue weighted by atomic mass is 9.90. The standard InChI is InChI=1S/C44H46N8O7S/c1-45-42(46-2)49-16-18-57-31-7-5-6-27(21-31)32-12-8-26(20-37(32)58-19-17-50-43(47-3)48-4)25-51-44(60)52-28-9-13-33(36(22-28)41(55)56)40-34-14-10-29(53)23-38(34)59-39-24-30(54)11-15-35(39)40/h5-15,20-24,53H,16-19,25H2,1-4H3,(H,55,56)(H2,45,46,49)(H2,47,48,50)(H2,51,52,60). The van der Waals surface area contributed by atoms with Gasteiger partial charge in [0.15, 0.2) is 22.5 Å². The number of nitrogens with one attached hydrogen (secondary N) is 6. The van der Waals surface area contributed by atoms with E-state index >= 15 is 0 Å². The van der Waals surface area contributed by atoms with Gasteiger partial charge in [-0.1, -0.05) is 30.3 Å². The molecule has 8 N–H and O–H groups in total. The number of benzene rings is 5. The minimum atomic E-state index is -1.17. The van der Waals surface area contributed by atoms with E-state index in [1.807, 2.05) is 42.5 Å². The Morgan fingerprint density at radius 1 is 0.783 bits per heavy atom. The summed E-state index contributed by atoms with van der Waals surface area (Å²) in [5.41, 5.74) is 4.63. The van der Waals surface area contributed by atoms with Crippen LogP contribution in [0.15, 0.2) is 116 Å². The molecule has 0 unspecified atom stereocenters. The maximum Gasteiger partial charge on any atom is 0.336 e. The van der Waals surface area contributed by atoms with Crippen molar-refractivity contribution >= 4 is 51.9 Å². The summed E-state index contributed by atoms with van der Waals surface area (Å²) in [6.07, 6.45) is 0. The van der Waals surface area contributed by atoms with Gasteiger partial charge in [0.25, 0.3) is 0 Å². The molecule has 0 bridgehead atoms. The van der Waals surface area contributed by atoms with Gasteiger partial charge in [-0.2, -0.15) is 0 Å². The van der Waals surface area contributed by atoms with Gasteiger partial charge in [0.05, 0.1) is 18.7 Å². The van der Waals surface area contributed by atoms with Crippen LogP contribution >= 0.6 is 12.2 Å². The fourth-order valence-electron chi connectivity index (χ4n) is 6.54. The van der Waals surface area contributed by atoms with E-state index in [1.54, 1.807) is 52.5 Å². The fourth-order valence-corrected chi connectivity index (χ4v) is 6.73. The highest BCUT2D eigenvalue weighted by atomic mass is 32.1. The van der Waals surface area contributed by atoms with E-state index in [-0.39, 0.29) is 27.6 Å². The van der Waals surface area contributed by atoms with Crippen molar-refractivity contribution in [3.8, 4) is 50.8 Å². The molecule has 0 amide bonds. The zero-order valence-corrected chi connectivity index (χ0v) is 34.3. The summed E-state index contributed by atoms with van der Waals surface area (Å²) in [4.78, 5) is 33.2. The summed E-state index contributed by atoms with van der Waals surface area (Å²) in [6.45, 7) is 2.19. The number of phenolic OH excluding ortho intramolecular Hbond substituents is 1. The van der Waals surface area contributed by atoms with Gasteiger partial charge in [0.1, 0.15) is 41.8 Å². The van der Waals surface area contributed by atoms with Crippen molar-refractivity contribution in [2.75, 3.05) is 59.8 Å². The number of anilines is 1. The van der Waals surface area contributed by atoms with E-state index in [9.17, 15) is 19.8 Å². The van der Waals surface area contributed by atoms with Gasteiger partial charge >= 0.3 is 5.97 Å². The first-order valence-electron chi connectivity index (χ1n) is 19.0. The van der Waals surface area contributed by atoms with Crippen LogP contribution in [0.25, 0.3) is 44.5 Å². The first-order chi connectivity index (χ1) is 29.1. The van der Waals surface area contributed by atoms with Crippen LogP contribution in [0.5, 0.6) is 17.2 Å². The van der Waals surface area contributed by atoms with Gasteiger partial charge in [-0.15, -0.1) is 0 Å². The average molecular weight is 831 g/mol. The minimum absolute atomic E-state index is 0.00481. The maximum atomic E-state index is 12.7. The summed E-state index contributed by atoms with van der Waals surface area (Å²) in [7, 11) is 6.99. The van der Waals surface area contributed by atoms with Crippen LogP contribution in [0.2, 0.25) is 0 Å². The van der Waals surface area contributed by atoms with Gasteiger partial charge in [0.2, 0.25) is 0 Å². The summed E-state index contributed by atoms with van der Waals surface area (Å²) in [5.74, 6) is 1.75. The van der Waals surface area contributed by atoms with Gasteiger partial charge in [-0.05, 0) is 83.5 Å². The lowest BCUT2D eigenvalue weighted by Crippen LogP contribution is -2.37. The molecule has 0 spiro atoms. The van der Waals surface area contributed by atoms with Crippen LogP contribution in [0.4, 0.5) is 5.69 Å². The molecule has 0 saturated carbocycles. The van der Waals surface area contributed by atoms with E-state index in [0.717, 1.165) is 16.7 Å². The summed E-state index contributed by atoms with van der Waals surface area (Å²) in [5, 5.41) is 40.1. The van der Waals surface area contributed by atoms with Crippen molar-refractivity contribution in [2.24, 2.45) is 9.98 Å². The number of carbonyl (C=O) groups is 1. The number of thiocarbonyl (C=S) groups is 1. The lowest BCUT2D eigenvalue weighted by molar-refractivity contribution is 0.0697. The molecule has 0 radical (unpaired) electrons. The zero-order valence-electron chi connectivity index (χ0n) is 33.5. The van der Waals surface area contributed by atoms with Crippen molar-refractivity contribution < 1.29 is 28.9 Å². The Balaban J connectivity index is 1.19. The maximum absolute atomic E-state index is 12.7. The van der Waals surface area contributed by atoms with Crippen LogP contribution in [0, 0.1) is 0 Å². The second-order valence-electron chi connectivity index (χ2n) is 13.2. The Hall–Kier alpha value is -7.33. The molecule has 4 aromatic rings. The van der Waals surface area contributed by atoms with Crippen LogP contribution in [0.3, 0.4) is 0 Å². The van der Waals surface area contributed by atoms with E-state index in [2.05, 4.69) is 41.9 Å². The van der Waals surface area contributed by atoms with Crippen LogP contribution in [-0.4, -0.2) is 87.7 Å². The molecule has 6 rings (SSSR count). The molecule has 15 nitrogen and oxygen atoms in total. The number of hydrogen-bond donors (Lipinski definition) is 8. The number of carboxylic acids is 1. The van der Waals surface area contributed by atoms with Crippen LogP contribution in [0.1, 0.15) is 15.9 Å². The number of aliphatic imine (C=N–C) groups is 2. The smallest absolute Gasteiger partial charge is 0.336 e. The molecular formula is C44H46N8O7S. The Kier molecular flexibility index (Phi) is 14.0. The predicted molar refractivity (Wildman–Crippen MR) is 240 cm³/mol. The third kappa shape index (κ3) is 10.4. The summed E-state index contributed by atoms with van der Waals surface area (Å²) in [6, 6.07) is 27.6. The summed E-state index contributed by atoms with van der Waals surface area (Å²) >= 11 is 5.65. The molecule has 0 fully saturated rings. The molecule has 0 saturated heterocycles. The Bertz CT molecular complexity index is 2590. The molecule has 2 aliphatic rings. The number of carboxylic acid groups (broad SMARTS) is 1. The van der Waals surface area contributed by atoms with Gasteiger partial charge in [-0.3, -0.25) is 14.8 Å². The van der Waals surface area contributed by atoms with Crippen LogP contribution < -0.4 is 46.8 Å². The second-order valence-corrected chi connectivity index (χ2v) is 13.7. The average Bonchev–Trinajstić information content (AvgIpc) is 3.25. The number of phenols is 1. The number of ether oxygens (including phenoxy) is 2. The largest absolute Gasteiger partial charge is 0.508 e. The molecule has 1 aliphatic heterocycles. The van der Waals surface area contributed by atoms with E-state index < -0.39 is 5.97 Å². The predicted octanol–water partition coefficient (Wildman–Crippen LogP) is 5.47. The fraction of sp³-hybridized carbons (Fsp3) is 0.205. The highest BCUT2D eigenvalue weighted by Crippen LogP contribution is 2.42.